The van der Waals surface area contributed by atoms with E-state index in [0.29, 0.717) is 42.2 Å². The van der Waals surface area contributed by atoms with E-state index in [1.54, 1.807) is 18.2 Å². The lowest BCUT2D eigenvalue weighted by Gasteiger charge is -2.30. The third-order valence-electron chi connectivity index (χ3n) is 6.04. The third kappa shape index (κ3) is 9.78. The Hall–Kier alpha value is -2.87. The quantitative estimate of drug-likeness (QED) is 0.252. The molecule has 0 bridgehead atoms. The summed E-state index contributed by atoms with van der Waals surface area (Å²) in [4.78, 5) is 39.9. The van der Waals surface area contributed by atoms with Gasteiger partial charge in [0, 0.05) is 16.7 Å². The molecule has 0 fully saturated rings. The van der Waals surface area contributed by atoms with Gasteiger partial charge in [-0.2, -0.15) is 5.10 Å². The molecule has 0 aliphatic rings. The van der Waals surface area contributed by atoms with Crippen LogP contribution in [0, 0.1) is 17.8 Å². The van der Waals surface area contributed by atoms with Gasteiger partial charge in [0.25, 0.3) is 0 Å². The van der Waals surface area contributed by atoms with Crippen molar-refractivity contribution in [1.82, 2.24) is 15.5 Å². The van der Waals surface area contributed by atoms with Gasteiger partial charge in [-0.25, -0.2) is 0 Å². The number of amides is 2. The highest BCUT2D eigenvalue weighted by Crippen LogP contribution is 2.29. The number of hydrogen-bond acceptors (Lipinski definition) is 5. The van der Waals surface area contributed by atoms with E-state index in [2.05, 4.69) is 20.8 Å². The second-order valence-corrected chi connectivity index (χ2v) is 11.6. The molecule has 1 aromatic heterocycles. The molecular weight excluding hydrogens is 504 g/mol. The van der Waals surface area contributed by atoms with Gasteiger partial charge in [-0.15, -0.1) is 0 Å². The van der Waals surface area contributed by atoms with Gasteiger partial charge in [0.05, 0.1) is 17.5 Å². The number of ether oxygens (including phenoxy) is 1. The third-order valence-corrected chi connectivity index (χ3v) is 6.30. The van der Waals surface area contributed by atoms with Gasteiger partial charge in [-0.3, -0.25) is 19.5 Å². The van der Waals surface area contributed by atoms with Gasteiger partial charge in [-0.1, -0.05) is 64.3 Å². The molecule has 1 aromatic carbocycles. The second-order valence-electron chi connectivity index (χ2n) is 11.2. The van der Waals surface area contributed by atoms with E-state index in [4.69, 9.17) is 16.3 Å². The van der Waals surface area contributed by atoms with Crippen molar-refractivity contribution in [2.24, 2.45) is 17.8 Å². The van der Waals surface area contributed by atoms with Crippen LogP contribution in [-0.4, -0.2) is 39.6 Å². The summed E-state index contributed by atoms with van der Waals surface area (Å²) < 4.78 is 5.67. The smallest absolute Gasteiger partial charge is 0.310 e. The molecule has 0 saturated heterocycles. The minimum absolute atomic E-state index is 0.183. The number of carbonyl (C=O) groups excluding carboxylic acids is 3. The fraction of sp³-hybridized carbons (Fsp3) is 0.586. The van der Waals surface area contributed by atoms with Crippen molar-refractivity contribution in [1.29, 1.82) is 0 Å². The van der Waals surface area contributed by atoms with Crippen molar-refractivity contribution in [2.75, 3.05) is 5.32 Å². The Kier molecular flexibility index (Phi) is 11.8. The predicted molar refractivity (Wildman–Crippen MR) is 152 cm³/mol. The van der Waals surface area contributed by atoms with Gasteiger partial charge < -0.3 is 15.4 Å². The fourth-order valence-corrected chi connectivity index (χ4v) is 4.47. The molecule has 3 N–H and O–H groups in total. The molecule has 2 rings (SSSR count). The summed E-state index contributed by atoms with van der Waals surface area (Å²) in [5.41, 5.74) is 0.858. The summed E-state index contributed by atoms with van der Waals surface area (Å²) in [6, 6.07) is 8.20. The van der Waals surface area contributed by atoms with Crippen molar-refractivity contribution < 1.29 is 19.1 Å². The van der Waals surface area contributed by atoms with Crippen LogP contribution in [0.3, 0.4) is 0 Å². The Morgan fingerprint density at radius 1 is 1.00 bits per heavy atom. The van der Waals surface area contributed by atoms with Crippen molar-refractivity contribution in [3.05, 3.63) is 35.4 Å². The molecule has 0 saturated carbocycles. The van der Waals surface area contributed by atoms with Crippen LogP contribution in [0.1, 0.15) is 80.6 Å². The maximum atomic E-state index is 13.6. The summed E-state index contributed by atoms with van der Waals surface area (Å²) in [7, 11) is 0. The zero-order valence-electron chi connectivity index (χ0n) is 23.7. The summed E-state index contributed by atoms with van der Waals surface area (Å²) in [6.07, 6.45) is 2.93. The Balaban J connectivity index is 2.20. The van der Waals surface area contributed by atoms with Crippen LogP contribution in [0.25, 0.3) is 11.3 Å². The number of hydrogen-bond donors (Lipinski definition) is 3. The monoisotopic (exact) mass is 546 g/mol. The first-order chi connectivity index (χ1) is 17.8. The van der Waals surface area contributed by atoms with Crippen molar-refractivity contribution in [3.63, 3.8) is 0 Å². The average Bonchev–Trinajstić information content (AvgIpc) is 3.28. The largest absolute Gasteiger partial charge is 0.460 e. The summed E-state index contributed by atoms with van der Waals surface area (Å²) in [5.74, 6) is -1.60. The fourth-order valence-electron chi connectivity index (χ4n) is 4.34. The van der Waals surface area contributed by atoms with Crippen LogP contribution in [0.15, 0.2) is 30.3 Å². The molecular formula is C29H43ClN4O4. The predicted octanol–water partition coefficient (Wildman–Crippen LogP) is 6.37. The summed E-state index contributed by atoms with van der Waals surface area (Å²) in [5, 5.41) is 13.5. The Labute approximate surface area is 231 Å². The number of anilines is 1. The molecule has 0 aliphatic carbocycles. The summed E-state index contributed by atoms with van der Waals surface area (Å²) >= 11 is 5.97. The van der Waals surface area contributed by atoms with Crippen LogP contribution in [0.5, 0.6) is 0 Å². The van der Waals surface area contributed by atoms with Crippen LogP contribution >= 0.6 is 11.6 Å². The first-order valence-corrected chi connectivity index (χ1v) is 13.9. The number of nitrogens with zero attached hydrogens (tertiary/aromatic N) is 1. The van der Waals surface area contributed by atoms with E-state index in [1.807, 2.05) is 60.6 Å². The molecule has 3 atom stereocenters. The molecule has 0 radical (unpaired) electrons. The molecule has 0 spiro atoms. The Morgan fingerprint density at radius 3 is 2.18 bits per heavy atom. The standard InChI is InChI=1S/C29H43ClN4O4/c1-8-10-21(28(37)38-29(5,6)7)22(16-18(3)4)26(35)31-23(11-9-2)27(36)32-25-17-24(33-34-25)19-12-14-20(30)15-13-19/h12-15,17-18,21-23H,8-11,16H2,1-7H3,(H,31,35)(H2,32,33,34,36). The molecule has 38 heavy (non-hydrogen) atoms. The lowest BCUT2D eigenvalue weighted by atomic mass is 9.81. The molecule has 210 valence electrons. The second kappa shape index (κ2) is 14.3. The number of benzene rings is 1. The number of aromatic amines is 1. The highest BCUT2D eigenvalue weighted by atomic mass is 35.5. The Morgan fingerprint density at radius 2 is 1.63 bits per heavy atom. The molecule has 2 amide bonds. The van der Waals surface area contributed by atoms with Crippen molar-refractivity contribution in [3.8, 4) is 11.3 Å². The number of aromatic nitrogens is 2. The van der Waals surface area contributed by atoms with E-state index >= 15 is 0 Å². The highest BCUT2D eigenvalue weighted by Gasteiger charge is 2.37. The first-order valence-electron chi connectivity index (χ1n) is 13.5. The lowest BCUT2D eigenvalue weighted by Crippen LogP contribution is -2.49. The Bertz CT molecular complexity index is 1060. The van der Waals surface area contributed by atoms with E-state index in [1.165, 1.54) is 0 Å². The van der Waals surface area contributed by atoms with Crippen LogP contribution in [0.4, 0.5) is 5.82 Å². The maximum absolute atomic E-state index is 13.6. The molecule has 0 aliphatic heterocycles. The number of carbonyl (C=O) groups is 3. The van der Waals surface area contributed by atoms with Crippen LogP contribution < -0.4 is 10.6 Å². The van der Waals surface area contributed by atoms with Gasteiger partial charge in [-0.05, 0) is 58.1 Å². The number of halogens is 1. The zero-order valence-corrected chi connectivity index (χ0v) is 24.4. The zero-order chi connectivity index (χ0) is 28.5. The number of nitrogens with one attached hydrogen (secondary N) is 3. The van der Waals surface area contributed by atoms with E-state index in [0.717, 1.165) is 12.0 Å². The number of H-pyrrole nitrogens is 1. The summed E-state index contributed by atoms with van der Waals surface area (Å²) in [6.45, 7) is 13.4. The lowest BCUT2D eigenvalue weighted by molar-refractivity contribution is -0.164. The normalized spacial score (nSPS) is 14.0. The molecule has 2 aromatic rings. The number of rotatable bonds is 13. The van der Waals surface area contributed by atoms with Gasteiger partial charge >= 0.3 is 5.97 Å². The van der Waals surface area contributed by atoms with E-state index < -0.39 is 23.5 Å². The first kappa shape index (κ1) is 31.3. The molecule has 3 unspecified atom stereocenters. The highest BCUT2D eigenvalue weighted by molar-refractivity contribution is 6.30. The molecule has 1 heterocycles. The number of esters is 1. The van der Waals surface area contributed by atoms with Gasteiger partial charge in [0.15, 0.2) is 0 Å². The van der Waals surface area contributed by atoms with Gasteiger partial charge in [0.2, 0.25) is 11.8 Å². The van der Waals surface area contributed by atoms with Gasteiger partial charge in [0.1, 0.15) is 17.5 Å². The average molecular weight is 547 g/mol. The minimum Gasteiger partial charge on any atom is -0.460 e. The van der Waals surface area contributed by atoms with E-state index in [9.17, 15) is 14.4 Å². The van der Waals surface area contributed by atoms with Crippen molar-refractivity contribution in [2.45, 2.75) is 92.2 Å². The molecule has 9 heteroatoms. The van der Waals surface area contributed by atoms with E-state index in [-0.39, 0.29) is 23.7 Å². The molecule has 8 nitrogen and oxygen atoms in total. The van der Waals surface area contributed by atoms with Crippen molar-refractivity contribution >= 4 is 35.2 Å². The van der Waals surface area contributed by atoms with Crippen LogP contribution in [-0.2, 0) is 19.1 Å². The van der Waals surface area contributed by atoms with Crippen LogP contribution in [0.2, 0.25) is 5.02 Å². The topological polar surface area (TPSA) is 113 Å². The SMILES string of the molecule is CCCC(NC(=O)C(CC(C)C)C(CCC)C(=O)OC(C)(C)C)C(=O)Nc1cc(-c2ccc(Cl)cc2)n[nH]1. The maximum Gasteiger partial charge on any atom is 0.310 e. The minimum atomic E-state index is -0.759.